The van der Waals surface area contributed by atoms with Crippen LogP contribution in [0.25, 0.3) is 0 Å². The van der Waals surface area contributed by atoms with Gasteiger partial charge in [-0.2, -0.15) is 0 Å². The highest BCUT2D eigenvalue weighted by Gasteiger charge is 1.99. The number of carbonyl (C=O) groups is 1. The maximum atomic E-state index is 10.6. The van der Waals surface area contributed by atoms with Crippen molar-refractivity contribution in [2.75, 3.05) is 0 Å². The number of rotatable bonds is 3. The predicted octanol–water partition coefficient (Wildman–Crippen LogP) is 2.11. The number of hydrogen-bond donors (Lipinski definition) is 0. The topological polar surface area (TPSA) is 30.2 Å². The Morgan fingerprint density at radius 3 is 2.73 bits per heavy atom. The van der Waals surface area contributed by atoms with Gasteiger partial charge in [0.2, 0.25) is 0 Å². The molecular weight excluding hydrogens is 140 g/mol. The van der Waals surface area contributed by atoms with E-state index in [1.54, 1.807) is 6.92 Å². The highest BCUT2D eigenvalue weighted by atomic mass is 16.3. The van der Waals surface area contributed by atoms with E-state index in [0.29, 0.717) is 6.42 Å². The first-order valence-corrected chi connectivity index (χ1v) is 3.73. The summed E-state index contributed by atoms with van der Waals surface area (Å²) in [4.78, 5) is 10.6. The quantitative estimate of drug-likeness (QED) is 0.664. The van der Waals surface area contributed by atoms with Crippen molar-refractivity contribution in [3.05, 3.63) is 23.7 Å². The molecule has 0 bridgehead atoms. The minimum absolute atomic E-state index is 0.207. The number of furan rings is 1. The molecule has 0 spiro atoms. The molecule has 0 radical (unpaired) electrons. The van der Waals surface area contributed by atoms with Gasteiger partial charge in [-0.15, -0.1) is 0 Å². The van der Waals surface area contributed by atoms with E-state index >= 15 is 0 Å². The summed E-state index contributed by atoms with van der Waals surface area (Å²) in [6.07, 6.45) is 1.30. The Hall–Kier alpha value is -1.05. The van der Waals surface area contributed by atoms with Crippen LogP contribution in [0.15, 0.2) is 16.5 Å². The normalized spacial score (nSPS) is 10.0. The molecule has 0 aliphatic carbocycles. The molecule has 0 atom stereocenters. The molecular formula is C9H12O2. The maximum absolute atomic E-state index is 10.6. The molecule has 0 aliphatic heterocycles. The van der Waals surface area contributed by atoms with E-state index in [0.717, 1.165) is 17.9 Å². The Bertz CT molecular complexity index is 248. The smallest absolute Gasteiger partial charge is 0.130 e. The standard InChI is InChI=1S/C9H12O2/c1-7(10)3-5-9-6-4-8(2)11-9/h4,6H,3,5H2,1-2H3. The van der Waals surface area contributed by atoms with Gasteiger partial charge in [-0.25, -0.2) is 0 Å². The van der Waals surface area contributed by atoms with Crippen LogP contribution in [0.2, 0.25) is 0 Å². The van der Waals surface area contributed by atoms with Crippen molar-refractivity contribution in [2.45, 2.75) is 26.7 Å². The van der Waals surface area contributed by atoms with E-state index in [-0.39, 0.29) is 5.78 Å². The minimum Gasteiger partial charge on any atom is -0.466 e. The average molecular weight is 152 g/mol. The van der Waals surface area contributed by atoms with Crippen molar-refractivity contribution in [3.63, 3.8) is 0 Å². The summed E-state index contributed by atoms with van der Waals surface area (Å²) in [5.74, 6) is 2.01. The molecule has 1 aromatic heterocycles. The second-order valence-corrected chi connectivity index (χ2v) is 2.71. The Morgan fingerprint density at radius 2 is 2.27 bits per heavy atom. The van der Waals surface area contributed by atoms with Crippen LogP contribution in [0.1, 0.15) is 24.9 Å². The number of Topliss-reactive ketones (excluding diaryl/α,β-unsaturated/α-hetero) is 1. The summed E-state index contributed by atoms with van der Waals surface area (Å²) in [7, 11) is 0. The first kappa shape index (κ1) is 8.05. The molecule has 60 valence electrons. The Labute approximate surface area is 66.2 Å². The van der Waals surface area contributed by atoms with Gasteiger partial charge in [0.25, 0.3) is 0 Å². The van der Waals surface area contributed by atoms with Crippen LogP contribution >= 0.6 is 0 Å². The molecule has 1 rings (SSSR count). The fraction of sp³-hybridized carbons (Fsp3) is 0.444. The molecule has 0 aromatic carbocycles. The molecule has 11 heavy (non-hydrogen) atoms. The summed E-state index contributed by atoms with van der Waals surface area (Å²) >= 11 is 0. The van der Waals surface area contributed by atoms with Gasteiger partial charge in [0.15, 0.2) is 0 Å². The second-order valence-electron chi connectivity index (χ2n) is 2.71. The Morgan fingerprint density at radius 1 is 1.55 bits per heavy atom. The summed E-state index contributed by atoms with van der Waals surface area (Å²) in [5.41, 5.74) is 0. The summed E-state index contributed by atoms with van der Waals surface area (Å²) in [5, 5.41) is 0. The van der Waals surface area contributed by atoms with Crippen molar-refractivity contribution < 1.29 is 9.21 Å². The van der Waals surface area contributed by atoms with Gasteiger partial charge in [0.05, 0.1) is 0 Å². The largest absolute Gasteiger partial charge is 0.466 e. The van der Waals surface area contributed by atoms with Gasteiger partial charge in [-0.1, -0.05) is 0 Å². The highest BCUT2D eigenvalue weighted by Crippen LogP contribution is 2.08. The molecule has 2 heteroatoms. The number of aryl methyl sites for hydroxylation is 2. The SMILES string of the molecule is CC(=O)CCc1ccc(C)o1. The maximum Gasteiger partial charge on any atom is 0.130 e. The molecule has 0 amide bonds. The Balaban J connectivity index is 2.45. The van der Waals surface area contributed by atoms with Gasteiger partial charge in [-0.05, 0) is 26.0 Å². The zero-order valence-electron chi connectivity index (χ0n) is 6.89. The number of hydrogen-bond acceptors (Lipinski definition) is 2. The molecule has 2 nitrogen and oxygen atoms in total. The summed E-state index contributed by atoms with van der Waals surface area (Å²) < 4.78 is 5.28. The van der Waals surface area contributed by atoms with Gasteiger partial charge < -0.3 is 9.21 Å². The van der Waals surface area contributed by atoms with E-state index in [4.69, 9.17) is 4.42 Å². The lowest BCUT2D eigenvalue weighted by molar-refractivity contribution is -0.117. The summed E-state index contributed by atoms with van der Waals surface area (Å²) in [6, 6.07) is 3.83. The Kier molecular flexibility index (Phi) is 2.47. The first-order valence-electron chi connectivity index (χ1n) is 3.73. The lowest BCUT2D eigenvalue weighted by Gasteiger charge is -1.91. The summed E-state index contributed by atoms with van der Waals surface area (Å²) in [6.45, 7) is 3.49. The van der Waals surface area contributed by atoms with E-state index in [2.05, 4.69) is 0 Å². The molecule has 0 saturated heterocycles. The van der Waals surface area contributed by atoms with Crippen LogP contribution in [0.3, 0.4) is 0 Å². The third-order valence-electron chi connectivity index (χ3n) is 1.52. The van der Waals surface area contributed by atoms with Gasteiger partial charge in [-0.3, -0.25) is 0 Å². The van der Waals surface area contributed by atoms with Crippen LogP contribution in [-0.2, 0) is 11.2 Å². The minimum atomic E-state index is 0.207. The second kappa shape index (κ2) is 3.37. The highest BCUT2D eigenvalue weighted by molar-refractivity contribution is 5.75. The van der Waals surface area contributed by atoms with Crippen LogP contribution in [0.4, 0.5) is 0 Å². The molecule has 0 aliphatic rings. The zero-order valence-corrected chi connectivity index (χ0v) is 6.89. The van der Waals surface area contributed by atoms with Crippen LogP contribution in [0.5, 0.6) is 0 Å². The molecule has 0 unspecified atom stereocenters. The van der Waals surface area contributed by atoms with Crippen molar-refractivity contribution in [1.29, 1.82) is 0 Å². The molecule has 1 aromatic rings. The van der Waals surface area contributed by atoms with Crippen molar-refractivity contribution in [1.82, 2.24) is 0 Å². The monoisotopic (exact) mass is 152 g/mol. The van der Waals surface area contributed by atoms with E-state index < -0.39 is 0 Å². The van der Waals surface area contributed by atoms with Crippen LogP contribution in [0, 0.1) is 6.92 Å². The zero-order chi connectivity index (χ0) is 8.27. The van der Waals surface area contributed by atoms with E-state index in [1.807, 2.05) is 19.1 Å². The van der Waals surface area contributed by atoms with Crippen molar-refractivity contribution in [3.8, 4) is 0 Å². The third kappa shape index (κ3) is 2.58. The average Bonchev–Trinajstić information content (AvgIpc) is 2.31. The third-order valence-corrected chi connectivity index (χ3v) is 1.52. The van der Waals surface area contributed by atoms with Crippen molar-refractivity contribution in [2.24, 2.45) is 0 Å². The van der Waals surface area contributed by atoms with Crippen LogP contribution in [-0.4, -0.2) is 5.78 Å². The van der Waals surface area contributed by atoms with E-state index in [9.17, 15) is 4.79 Å². The number of ketones is 1. The van der Waals surface area contributed by atoms with Gasteiger partial charge in [0, 0.05) is 12.8 Å². The fourth-order valence-corrected chi connectivity index (χ4v) is 0.919. The van der Waals surface area contributed by atoms with Gasteiger partial charge >= 0.3 is 0 Å². The lowest BCUT2D eigenvalue weighted by atomic mass is 10.2. The van der Waals surface area contributed by atoms with Crippen molar-refractivity contribution >= 4 is 5.78 Å². The molecule has 0 fully saturated rings. The van der Waals surface area contributed by atoms with Gasteiger partial charge in [0.1, 0.15) is 17.3 Å². The molecule has 0 saturated carbocycles. The lowest BCUT2D eigenvalue weighted by Crippen LogP contribution is -1.91. The van der Waals surface area contributed by atoms with E-state index in [1.165, 1.54) is 0 Å². The number of carbonyl (C=O) groups excluding carboxylic acids is 1. The molecule has 0 N–H and O–H groups in total. The first-order chi connectivity index (χ1) is 5.18. The predicted molar refractivity (Wildman–Crippen MR) is 42.4 cm³/mol. The molecule has 1 heterocycles. The van der Waals surface area contributed by atoms with Crippen LogP contribution < -0.4 is 0 Å². The fourth-order valence-electron chi connectivity index (χ4n) is 0.919.